The smallest absolute Gasteiger partial charge is 0.315 e. The van der Waals surface area contributed by atoms with Gasteiger partial charge in [0.05, 0.1) is 4.90 Å². The fourth-order valence-electron chi connectivity index (χ4n) is 9.08. The fraction of sp³-hybridized carbons (Fsp3) is 0.643. The fourth-order valence-corrected chi connectivity index (χ4v) is 10.7. The van der Waals surface area contributed by atoms with Gasteiger partial charge in [-0.05, 0) is 65.9 Å². The SMILES string of the molecule is C#CCC(NC(=O)[C@@H]1[C@H]2CCC[C@H]2CN1C(=O)[C@@H](NC(=O)N[C@H](CN1Cc2ccccc2S1(=O)=O)C(C)(C)C(C)C)C1(C)CCCCC1)C(=O)C(=O)NCC=C. The molecule has 0 aromatic heterocycles. The number of hydrogen-bond donors (Lipinski definition) is 4. The van der Waals surface area contributed by atoms with Gasteiger partial charge < -0.3 is 26.2 Å². The molecule has 6 atom stereocenters. The Morgan fingerprint density at radius 2 is 1.73 bits per heavy atom. The number of ketones is 1. The number of nitrogens with zero attached hydrogens (tertiary/aromatic N) is 2. The van der Waals surface area contributed by atoms with Crippen molar-refractivity contribution < 1.29 is 32.4 Å². The van der Waals surface area contributed by atoms with Crippen molar-refractivity contribution in [2.45, 2.75) is 128 Å². The zero-order valence-corrected chi connectivity index (χ0v) is 34.4. The van der Waals surface area contributed by atoms with Gasteiger partial charge >= 0.3 is 6.03 Å². The summed E-state index contributed by atoms with van der Waals surface area (Å²) >= 11 is 0. The molecule has 4 N–H and O–H groups in total. The molecule has 2 saturated carbocycles. The Morgan fingerprint density at radius 1 is 1.04 bits per heavy atom. The third kappa shape index (κ3) is 8.84. The third-order valence-corrected chi connectivity index (χ3v) is 15.2. The first kappa shape index (κ1) is 42.9. The normalized spacial score (nSPS) is 24.2. The van der Waals surface area contributed by atoms with E-state index >= 15 is 4.79 Å². The summed E-state index contributed by atoms with van der Waals surface area (Å²) < 4.78 is 28.6. The molecule has 0 radical (unpaired) electrons. The summed E-state index contributed by atoms with van der Waals surface area (Å²) in [4.78, 5) is 71.0. The molecule has 5 amide bonds. The van der Waals surface area contributed by atoms with Gasteiger partial charge in [-0.15, -0.1) is 18.9 Å². The number of terminal acetylenes is 1. The number of hydrogen-bond acceptors (Lipinski definition) is 7. The minimum atomic E-state index is -3.78. The van der Waals surface area contributed by atoms with Gasteiger partial charge in [0, 0.05) is 38.6 Å². The quantitative estimate of drug-likeness (QED) is 0.119. The highest BCUT2D eigenvalue weighted by atomic mass is 32.2. The maximum absolute atomic E-state index is 15.0. The molecular weight excluding hydrogens is 733 g/mol. The van der Waals surface area contributed by atoms with Crippen molar-refractivity contribution in [1.29, 1.82) is 0 Å². The average molecular weight is 793 g/mol. The van der Waals surface area contributed by atoms with Gasteiger partial charge in [0.1, 0.15) is 18.1 Å². The van der Waals surface area contributed by atoms with E-state index in [2.05, 4.69) is 33.8 Å². The molecule has 2 aliphatic heterocycles. The molecule has 4 aliphatic rings. The van der Waals surface area contributed by atoms with Crippen molar-refractivity contribution in [3.05, 3.63) is 42.5 Å². The van der Waals surface area contributed by atoms with E-state index in [0.29, 0.717) is 31.4 Å². The van der Waals surface area contributed by atoms with E-state index in [-0.39, 0.29) is 54.6 Å². The molecule has 0 spiro atoms. The third-order valence-electron chi connectivity index (χ3n) is 13.3. The Hall–Kier alpha value is -4.22. The van der Waals surface area contributed by atoms with E-state index in [1.165, 1.54) is 10.4 Å². The van der Waals surface area contributed by atoms with Crippen LogP contribution in [0.2, 0.25) is 0 Å². The number of carbonyl (C=O) groups is 5. The molecular formula is C42H60N6O7S. The van der Waals surface area contributed by atoms with Crippen LogP contribution >= 0.6 is 0 Å². The maximum Gasteiger partial charge on any atom is 0.315 e. The molecule has 2 heterocycles. The lowest BCUT2D eigenvalue weighted by molar-refractivity contribution is -0.145. The average Bonchev–Trinajstić information content (AvgIpc) is 3.83. The molecule has 5 rings (SSSR count). The Kier molecular flexibility index (Phi) is 13.4. The minimum Gasteiger partial charge on any atom is -0.346 e. The lowest BCUT2D eigenvalue weighted by Gasteiger charge is -2.44. The van der Waals surface area contributed by atoms with Gasteiger partial charge in [-0.2, -0.15) is 4.31 Å². The Bertz CT molecular complexity index is 1830. The van der Waals surface area contributed by atoms with Crippen LogP contribution in [-0.4, -0.2) is 91.0 Å². The molecule has 1 unspecified atom stereocenters. The van der Waals surface area contributed by atoms with Crippen LogP contribution in [0.5, 0.6) is 0 Å². The van der Waals surface area contributed by atoms with Crippen LogP contribution in [-0.2, 0) is 35.7 Å². The van der Waals surface area contributed by atoms with Gasteiger partial charge in [0.2, 0.25) is 27.6 Å². The summed E-state index contributed by atoms with van der Waals surface area (Å²) in [6, 6.07) is 2.50. The molecule has 1 aromatic carbocycles. The van der Waals surface area contributed by atoms with Crippen LogP contribution in [0.3, 0.4) is 0 Å². The number of benzene rings is 1. The van der Waals surface area contributed by atoms with E-state index < -0.39 is 68.6 Å². The lowest BCUT2D eigenvalue weighted by atomic mass is 9.70. The molecule has 1 aromatic rings. The molecule has 13 nitrogen and oxygen atoms in total. The first-order chi connectivity index (χ1) is 26.5. The largest absolute Gasteiger partial charge is 0.346 e. The second-order valence-electron chi connectivity index (χ2n) is 17.3. The zero-order chi connectivity index (χ0) is 41.0. The van der Waals surface area contributed by atoms with Crippen LogP contribution in [0, 0.1) is 40.9 Å². The molecule has 3 fully saturated rings. The number of sulfonamides is 1. The number of fused-ring (bicyclic) bond motifs is 2. The second-order valence-corrected chi connectivity index (χ2v) is 19.2. The zero-order valence-electron chi connectivity index (χ0n) is 33.6. The molecule has 2 aliphatic carbocycles. The molecule has 56 heavy (non-hydrogen) atoms. The first-order valence-electron chi connectivity index (χ1n) is 20.1. The molecule has 1 saturated heterocycles. The predicted molar refractivity (Wildman–Crippen MR) is 213 cm³/mol. The number of Topliss-reactive ketones (excluding diaryl/α,β-unsaturated/α-hetero) is 1. The minimum absolute atomic E-state index is 0.0341. The summed E-state index contributed by atoms with van der Waals surface area (Å²) in [6.07, 6.45) is 13.3. The van der Waals surface area contributed by atoms with Crippen LogP contribution in [0.4, 0.5) is 4.79 Å². The van der Waals surface area contributed by atoms with Gasteiger partial charge in [-0.1, -0.05) is 84.6 Å². The van der Waals surface area contributed by atoms with Crippen molar-refractivity contribution in [2.75, 3.05) is 19.6 Å². The molecule has 0 bridgehead atoms. The molecule has 14 heteroatoms. The predicted octanol–water partition coefficient (Wildman–Crippen LogP) is 3.89. The highest BCUT2D eigenvalue weighted by molar-refractivity contribution is 7.89. The number of urea groups is 1. The van der Waals surface area contributed by atoms with Gasteiger partial charge in [0.25, 0.3) is 5.91 Å². The van der Waals surface area contributed by atoms with Crippen LogP contribution in [0.1, 0.15) is 98.0 Å². The van der Waals surface area contributed by atoms with Crippen molar-refractivity contribution in [1.82, 2.24) is 30.5 Å². The number of carbonyl (C=O) groups excluding carboxylic acids is 5. The topological polar surface area (TPSA) is 174 Å². The van der Waals surface area contributed by atoms with E-state index in [0.717, 1.165) is 32.1 Å². The first-order valence-corrected chi connectivity index (χ1v) is 21.5. The number of amides is 5. The Balaban J connectivity index is 1.41. The Morgan fingerprint density at radius 3 is 2.38 bits per heavy atom. The van der Waals surface area contributed by atoms with E-state index in [9.17, 15) is 27.6 Å². The van der Waals surface area contributed by atoms with Crippen LogP contribution in [0.15, 0.2) is 41.8 Å². The summed E-state index contributed by atoms with van der Waals surface area (Å²) in [5.41, 5.74) is -0.478. The van der Waals surface area contributed by atoms with Crippen molar-refractivity contribution in [3.63, 3.8) is 0 Å². The summed E-state index contributed by atoms with van der Waals surface area (Å²) in [5.74, 6) is -0.374. The van der Waals surface area contributed by atoms with E-state index in [1.807, 2.05) is 40.7 Å². The van der Waals surface area contributed by atoms with Crippen LogP contribution in [0.25, 0.3) is 0 Å². The number of rotatable bonds is 15. The summed E-state index contributed by atoms with van der Waals surface area (Å²) in [7, 11) is -3.78. The number of nitrogens with one attached hydrogen (secondary N) is 4. The highest BCUT2D eigenvalue weighted by Crippen LogP contribution is 2.45. The lowest BCUT2D eigenvalue weighted by Crippen LogP contribution is -2.63. The monoisotopic (exact) mass is 792 g/mol. The number of likely N-dealkylation sites (tertiary alicyclic amines) is 1. The van der Waals surface area contributed by atoms with Gasteiger partial charge in [-0.3, -0.25) is 19.2 Å². The van der Waals surface area contributed by atoms with Crippen molar-refractivity contribution in [2.24, 2.45) is 28.6 Å². The molecule has 306 valence electrons. The summed E-state index contributed by atoms with van der Waals surface area (Å²) in [6.45, 7) is 14.2. The summed E-state index contributed by atoms with van der Waals surface area (Å²) in [5, 5.41) is 11.3. The maximum atomic E-state index is 15.0. The van der Waals surface area contributed by atoms with E-state index in [4.69, 9.17) is 6.42 Å². The van der Waals surface area contributed by atoms with Crippen molar-refractivity contribution in [3.8, 4) is 12.3 Å². The highest BCUT2D eigenvalue weighted by Gasteiger charge is 2.53. The second kappa shape index (κ2) is 17.5. The van der Waals surface area contributed by atoms with Gasteiger partial charge in [0.15, 0.2) is 0 Å². The van der Waals surface area contributed by atoms with Crippen LogP contribution < -0.4 is 21.3 Å². The van der Waals surface area contributed by atoms with E-state index in [1.54, 1.807) is 23.1 Å². The Labute approximate surface area is 332 Å². The van der Waals surface area contributed by atoms with Crippen molar-refractivity contribution >= 4 is 39.6 Å². The van der Waals surface area contributed by atoms with Gasteiger partial charge in [-0.25, -0.2) is 13.2 Å². The standard InChI is InChI=1S/C42H60N6O7S/c1-8-16-31(35(49)38(51)43-23-9-2)44-37(50)34-30-19-15-18-28(30)25-48(34)39(52)36(42(7)21-13-10-14-22-42)46-40(53)45-33(41(5,6)27(3)4)26-47-24-29-17-11-12-20-32(29)56(47,54)55/h1,9,11-12,17,20,27-28,30-31,33-34,36H,2,10,13-16,18-19,21-26H2,3-7H3,(H,43,51)(H,44,50)(H2,45,46,53)/t28-,30-,31?,33+,34-,36+/m0/s1.